The second-order valence-corrected chi connectivity index (χ2v) is 3.80. The molecule has 0 saturated heterocycles. The summed E-state index contributed by atoms with van der Waals surface area (Å²) in [6.45, 7) is 7.78. The summed E-state index contributed by atoms with van der Waals surface area (Å²) in [7, 11) is 0. The van der Waals surface area contributed by atoms with E-state index in [0.29, 0.717) is 0 Å². The van der Waals surface area contributed by atoms with Gasteiger partial charge in [-0.15, -0.1) is 6.58 Å². The molecule has 2 unspecified atom stereocenters. The first kappa shape index (κ1) is 11.1. The third kappa shape index (κ3) is 2.74. The van der Waals surface area contributed by atoms with E-state index >= 15 is 0 Å². The monoisotopic (exact) mass is 193 g/mol. The number of allylic oxidation sites excluding steroid dienone is 3. The van der Waals surface area contributed by atoms with Gasteiger partial charge in [0.2, 0.25) is 0 Å². The third-order valence-corrected chi connectivity index (χ3v) is 2.62. The first-order valence-electron chi connectivity index (χ1n) is 5.05. The molecule has 2 N–H and O–H groups in total. The van der Waals surface area contributed by atoms with Crippen LogP contribution in [-0.4, -0.2) is 17.3 Å². The second kappa shape index (κ2) is 5.01. The Morgan fingerprint density at radius 1 is 1.57 bits per heavy atom. The molecule has 78 valence electrons. The van der Waals surface area contributed by atoms with Gasteiger partial charge in [0.1, 0.15) is 0 Å². The summed E-state index contributed by atoms with van der Waals surface area (Å²) in [6.07, 6.45) is 7.18. The Hall–Kier alpha value is -1.02. The van der Waals surface area contributed by atoms with Gasteiger partial charge in [-0.3, -0.25) is 0 Å². The maximum atomic E-state index is 9.82. The fraction of sp³-hybridized carbons (Fsp3) is 0.500. The molecule has 0 amide bonds. The van der Waals surface area contributed by atoms with E-state index in [1.807, 2.05) is 12.3 Å². The second-order valence-electron chi connectivity index (χ2n) is 3.80. The quantitative estimate of drug-likeness (QED) is 0.670. The summed E-state index contributed by atoms with van der Waals surface area (Å²) in [4.78, 5) is 0. The molecule has 0 aliphatic carbocycles. The van der Waals surface area contributed by atoms with Crippen LogP contribution in [0.1, 0.15) is 26.7 Å². The molecule has 1 rings (SSSR count). The maximum absolute atomic E-state index is 9.82. The van der Waals surface area contributed by atoms with Gasteiger partial charge >= 0.3 is 0 Å². The number of aliphatic hydroxyl groups excluding tert-OH is 1. The van der Waals surface area contributed by atoms with Crippen molar-refractivity contribution in [3.05, 3.63) is 36.1 Å². The summed E-state index contributed by atoms with van der Waals surface area (Å²) in [5, 5.41) is 13.0. The highest BCUT2D eigenvalue weighted by Crippen LogP contribution is 2.16. The van der Waals surface area contributed by atoms with Crippen LogP contribution in [-0.2, 0) is 0 Å². The van der Waals surface area contributed by atoms with Crippen LogP contribution >= 0.6 is 0 Å². The van der Waals surface area contributed by atoms with Crippen LogP contribution in [0.4, 0.5) is 0 Å². The fourth-order valence-electron chi connectivity index (χ4n) is 1.47. The predicted molar refractivity (Wildman–Crippen MR) is 59.9 cm³/mol. The predicted octanol–water partition coefficient (Wildman–Crippen LogP) is 2.14. The Morgan fingerprint density at radius 2 is 2.29 bits per heavy atom. The van der Waals surface area contributed by atoms with Crippen molar-refractivity contribution in [2.24, 2.45) is 0 Å². The molecule has 2 heteroatoms. The van der Waals surface area contributed by atoms with Crippen molar-refractivity contribution in [1.29, 1.82) is 0 Å². The molecule has 2 nitrogen and oxygen atoms in total. The minimum Gasteiger partial charge on any atom is -0.391 e. The van der Waals surface area contributed by atoms with E-state index in [1.165, 1.54) is 11.1 Å². The first-order valence-corrected chi connectivity index (χ1v) is 5.05. The number of hydrogen-bond donors (Lipinski definition) is 2. The van der Waals surface area contributed by atoms with Gasteiger partial charge in [0, 0.05) is 6.20 Å². The molecule has 2 atom stereocenters. The molecule has 0 radical (unpaired) electrons. The molecule has 0 aromatic heterocycles. The normalized spacial score (nSPS) is 23.2. The molecule has 0 aromatic carbocycles. The molecular weight excluding hydrogens is 174 g/mol. The minimum absolute atomic E-state index is 0.0543. The molecule has 0 spiro atoms. The van der Waals surface area contributed by atoms with Gasteiger partial charge in [-0.05, 0) is 37.8 Å². The van der Waals surface area contributed by atoms with Crippen LogP contribution in [0.15, 0.2) is 36.1 Å². The van der Waals surface area contributed by atoms with Gasteiger partial charge in [-0.1, -0.05) is 12.2 Å². The molecule has 0 saturated carbocycles. The lowest BCUT2D eigenvalue weighted by atomic mass is 9.98. The summed E-state index contributed by atoms with van der Waals surface area (Å²) in [6, 6.07) is 0.0543. The maximum Gasteiger partial charge on any atom is 0.0780 e. The van der Waals surface area contributed by atoms with Crippen molar-refractivity contribution in [2.45, 2.75) is 38.8 Å². The summed E-state index contributed by atoms with van der Waals surface area (Å²) < 4.78 is 0. The summed E-state index contributed by atoms with van der Waals surface area (Å²) >= 11 is 0. The average molecular weight is 193 g/mol. The third-order valence-electron chi connectivity index (χ3n) is 2.62. The highest BCUT2D eigenvalue weighted by Gasteiger charge is 2.17. The molecule has 14 heavy (non-hydrogen) atoms. The van der Waals surface area contributed by atoms with Crippen molar-refractivity contribution < 1.29 is 5.11 Å². The van der Waals surface area contributed by atoms with Gasteiger partial charge in [0.25, 0.3) is 0 Å². The van der Waals surface area contributed by atoms with Crippen molar-refractivity contribution in [3.8, 4) is 0 Å². The lowest BCUT2D eigenvalue weighted by Gasteiger charge is -2.24. The van der Waals surface area contributed by atoms with Crippen LogP contribution in [0.3, 0.4) is 0 Å². The molecule has 1 aliphatic rings. The Bertz CT molecular complexity index is 265. The van der Waals surface area contributed by atoms with Gasteiger partial charge < -0.3 is 10.4 Å². The standard InChI is InChI=1S/C12H19NO/c1-4-5-6-12(14)11-7-9(2)10(3)8-13-11/h4,7-8,11-14H,1,5-6H2,2-3H3. The number of dihydropyridines is 1. The molecule has 0 bridgehead atoms. The average Bonchev–Trinajstić information content (AvgIpc) is 2.18. The zero-order valence-corrected chi connectivity index (χ0v) is 8.96. The fourth-order valence-corrected chi connectivity index (χ4v) is 1.47. The van der Waals surface area contributed by atoms with E-state index in [0.717, 1.165) is 12.8 Å². The smallest absolute Gasteiger partial charge is 0.0780 e. The van der Waals surface area contributed by atoms with E-state index in [4.69, 9.17) is 0 Å². The van der Waals surface area contributed by atoms with E-state index in [2.05, 4.69) is 31.8 Å². The SMILES string of the molecule is C=CCCC(O)C1C=C(C)C(C)=CN1. The molecule has 1 aliphatic heterocycles. The molecule has 0 aromatic rings. The number of hydrogen-bond acceptors (Lipinski definition) is 2. The lowest BCUT2D eigenvalue weighted by molar-refractivity contribution is 0.141. The van der Waals surface area contributed by atoms with Crippen LogP contribution in [0.2, 0.25) is 0 Å². The first-order chi connectivity index (χ1) is 6.65. The van der Waals surface area contributed by atoms with E-state index in [1.54, 1.807) is 0 Å². The Kier molecular flexibility index (Phi) is 3.96. The van der Waals surface area contributed by atoms with Crippen LogP contribution in [0.5, 0.6) is 0 Å². The van der Waals surface area contributed by atoms with Gasteiger partial charge in [-0.25, -0.2) is 0 Å². The van der Waals surface area contributed by atoms with Crippen molar-refractivity contribution in [3.63, 3.8) is 0 Å². The highest BCUT2D eigenvalue weighted by molar-refractivity contribution is 5.32. The van der Waals surface area contributed by atoms with Crippen molar-refractivity contribution in [2.75, 3.05) is 0 Å². The Morgan fingerprint density at radius 3 is 2.86 bits per heavy atom. The molecular formula is C12H19NO. The van der Waals surface area contributed by atoms with Gasteiger partial charge in [-0.2, -0.15) is 0 Å². The zero-order valence-electron chi connectivity index (χ0n) is 8.96. The van der Waals surface area contributed by atoms with E-state index in [9.17, 15) is 5.11 Å². The highest BCUT2D eigenvalue weighted by atomic mass is 16.3. The number of nitrogens with one attached hydrogen (secondary N) is 1. The molecule has 0 fully saturated rings. The van der Waals surface area contributed by atoms with Crippen molar-refractivity contribution in [1.82, 2.24) is 5.32 Å². The Labute approximate surface area is 86.0 Å². The number of rotatable bonds is 4. The van der Waals surface area contributed by atoms with Crippen molar-refractivity contribution >= 4 is 0 Å². The minimum atomic E-state index is -0.327. The van der Waals surface area contributed by atoms with E-state index in [-0.39, 0.29) is 12.1 Å². The van der Waals surface area contributed by atoms with E-state index < -0.39 is 0 Å². The molecule has 1 heterocycles. The van der Waals surface area contributed by atoms with Gasteiger partial charge in [0.15, 0.2) is 0 Å². The Balaban J connectivity index is 2.51. The summed E-state index contributed by atoms with van der Waals surface area (Å²) in [5.74, 6) is 0. The summed E-state index contributed by atoms with van der Waals surface area (Å²) in [5.41, 5.74) is 2.48. The van der Waals surface area contributed by atoms with Crippen LogP contribution < -0.4 is 5.32 Å². The lowest BCUT2D eigenvalue weighted by Crippen LogP contribution is -2.37. The number of aliphatic hydroxyl groups is 1. The van der Waals surface area contributed by atoms with Crippen LogP contribution in [0, 0.1) is 0 Å². The topological polar surface area (TPSA) is 32.3 Å². The zero-order chi connectivity index (χ0) is 10.6. The van der Waals surface area contributed by atoms with Crippen LogP contribution in [0.25, 0.3) is 0 Å². The van der Waals surface area contributed by atoms with Gasteiger partial charge in [0.05, 0.1) is 12.1 Å². The largest absolute Gasteiger partial charge is 0.391 e.